The van der Waals surface area contributed by atoms with Crippen LogP contribution in [0.3, 0.4) is 0 Å². The number of carboxylic acids is 1. The summed E-state index contributed by atoms with van der Waals surface area (Å²) in [5, 5.41) is 18.1. The summed E-state index contributed by atoms with van der Waals surface area (Å²) in [5.74, 6) is -0.922. The number of hydrogen-bond acceptors (Lipinski definition) is 3. The highest BCUT2D eigenvalue weighted by atomic mass is 16.4. The van der Waals surface area contributed by atoms with E-state index in [0.717, 1.165) is 0 Å². The molecule has 17 heavy (non-hydrogen) atoms. The fourth-order valence-corrected chi connectivity index (χ4v) is 1.62. The van der Waals surface area contributed by atoms with E-state index in [0.29, 0.717) is 16.5 Å². The summed E-state index contributed by atoms with van der Waals surface area (Å²) in [7, 11) is 0. The summed E-state index contributed by atoms with van der Waals surface area (Å²) >= 11 is 0. The van der Waals surface area contributed by atoms with Crippen molar-refractivity contribution in [1.82, 2.24) is 4.98 Å². The Hall–Kier alpha value is -2.61. The first-order valence-corrected chi connectivity index (χ1v) is 4.88. The molecule has 1 aromatic heterocycles. The van der Waals surface area contributed by atoms with E-state index in [2.05, 4.69) is 4.98 Å². The first-order chi connectivity index (χ1) is 8.10. The molecule has 0 amide bonds. The van der Waals surface area contributed by atoms with Crippen molar-refractivity contribution >= 4 is 16.9 Å². The second kappa shape index (κ2) is 4.10. The highest BCUT2D eigenvalue weighted by Gasteiger charge is 2.05. The minimum Gasteiger partial charge on any atom is -0.481 e. The number of nitriles is 1. The summed E-state index contributed by atoms with van der Waals surface area (Å²) < 4.78 is 0. The van der Waals surface area contributed by atoms with E-state index in [1.165, 1.54) is 6.07 Å². The Bertz CT molecular complexity index is 695. The monoisotopic (exact) mass is 228 g/mol. The second-order valence-electron chi connectivity index (χ2n) is 3.62. The Labute approximate surface area is 95.9 Å². The Morgan fingerprint density at radius 3 is 2.82 bits per heavy atom. The third kappa shape index (κ3) is 2.16. The van der Waals surface area contributed by atoms with E-state index in [9.17, 15) is 9.59 Å². The van der Waals surface area contributed by atoms with E-state index in [1.807, 2.05) is 0 Å². The van der Waals surface area contributed by atoms with Crippen LogP contribution in [-0.4, -0.2) is 16.1 Å². The maximum absolute atomic E-state index is 11.4. The number of aliphatic carboxylic acids is 1. The molecule has 2 N–H and O–H groups in total. The zero-order valence-corrected chi connectivity index (χ0v) is 8.73. The molecule has 0 radical (unpaired) electrons. The number of nitrogens with one attached hydrogen (secondary N) is 1. The zero-order chi connectivity index (χ0) is 12.4. The molecule has 2 aromatic rings. The van der Waals surface area contributed by atoms with Crippen LogP contribution in [0.15, 0.2) is 29.1 Å². The van der Waals surface area contributed by atoms with Crippen LogP contribution in [-0.2, 0) is 11.2 Å². The number of aromatic amines is 1. The summed E-state index contributed by atoms with van der Waals surface area (Å²) in [5.41, 5.74) is 0.792. The van der Waals surface area contributed by atoms with Gasteiger partial charge < -0.3 is 10.1 Å². The van der Waals surface area contributed by atoms with Gasteiger partial charge in [0.1, 0.15) is 11.6 Å². The van der Waals surface area contributed by atoms with Crippen LogP contribution < -0.4 is 5.56 Å². The lowest BCUT2D eigenvalue weighted by molar-refractivity contribution is -0.136. The van der Waals surface area contributed by atoms with E-state index >= 15 is 0 Å². The number of pyridine rings is 1. The van der Waals surface area contributed by atoms with Gasteiger partial charge in [-0.1, -0.05) is 6.07 Å². The molecule has 84 valence electrons. The van der Waals surface area contributed by atoms with Crippen LogP contribution in [0.5, 0.6) is 0 Å². The van der Waals surface area contributed by atoms with E-state index in [-0.39, 0.29) is 12.0 Å². The average Bonchev–Trinajstić information content (AvgIpc) is 2.28. The molecular weight excluding hydrogens is 220 g/mol. The molecule has 1 heterocycles. The highest BCUT2D eigenvalue weighted by Crippen LogP contribution is 2.14. The van der Waals surface area contributed by atoms with Gasteiger partial charge in [0.25, 0.3) is 5.56 Å². The highest BCUT2D eigenvalue weighted by molar-refractivity contribution is 5.81. The fraction of sp³-hybridized carbons (Fsp3) is 0.0833. The number of carboxylic acid groups (broad SMARTS) is 1. The lowest BCUT2D eigenvalue weighted by atomic mass is 10.1. The number of carbonyl (C=O) groups is 1. The number of hydrogen-bond donors (Lipinski definition) is 2. The quantitative estimate of drug-likeness (QED) is 0.802. The van der Waals surface area contributed by atoms with Gasteiger partial charge in [0, 0.05) is 5.52 Å². The third-order valence-corrected chi connectivity index (χ3v) is 2.38. The van der Waals surface area contributed by atoms with E-state index in [4.69, 9.17) is 10.4 Å². The maximum Gasteiger partial charge on any atom is 0.307 e. The van der Waals surface area contributed by atoms with Crippen LogP contribution >= 0.6 is 0 Å². The van der Waals surface area contributed by atoms with E-state index in [1.54, 1.807) is 24.3 Å². The molecule has 0 unspecified atom stereocenters. The fourth-order valence-electron chi connectivity index (χ4n) is 1.62. The normalized spacial score (nSPS) is 10.1. The van der Waals surface area contributed by atoms with Gasteiger partial charge in [-0.15, -0.1) is 0 Å². The Balaban J connectivity index is 2.61. The van der Waals surface area contributed by atoms with Crippen LogP contribution in [0, 0.1) is 11.3 Å². The smallest absolute Gasteiger partial charge is 0.307 e. The average molecular weight is 228 g/mol. The third-order valence-electron chi connectivity index (χ3n) is 2.38. The Morgan fingerprint density at radius 1 is 1.41 bits per heavy atom. The minimum atomic E-state index is -0.922. The van der Waals surface area contributed by atoms with Gasteiger partial charge in [0.2, 0.25) is 0 Å². The maximum atomic E-state index is 11.4. The molecule has 2 rings (SSSR count). The van der Waals surface area contributed by atoms with Gasteiger partial charge in [-0.2, -0.15) is 5.26 Å². The minimum absolute atomic E-state index is 0.0185. The molecule has 0 saturated heterocycles. The molecule has 0 aliphatic heterocycles. The first kappa shape index (κ1) is 10.9. The van der Waals surface area contributed by atoms with Gasteiger partial charge in [-0.05, 0) is 29.1 Å². The van der Waals surface area contributed by atoms with Gasteiger partial charge in [-0.3, -0.25) is 9.59 Å². The molecule has 5 heteroatoms. The van der Waals surface area contributed by atoms with Crippen LogP contribution in [0.25, 0.3) is 10.9 Å². The lowest BCUT2D eigenvalue weighted by Gasteiger charge is -2.01. The SMILES string of the molecule is N#Cc1cc2cc(CC(=O)O)ccc2[nH]c1=O. The van der Waals surface area contributed by atoms with Crippen molar-refractivity contribution in [2.45, 2.75) is 6.42 Å². The number of benzene rings is 1. The number of H-pyrrole nitrogens is 1. The predicted molar refractivity (Wildman–Crippen MR) is 60.6 cm³/mol. The van der Waals surface area contributed by atoms with Crippen LogP contribution in [0.1, 0.15) is 11.1 Å². The summed E-state index contributed by atoms with van der Waals surface area (Å²) in [6.07, 6.45) is -0.0864. The van der Waals surface area contributed by atoms with Gasteiger partial charge >= 0.3 is 5.97 Å². The van der Waals surface area contributed by atoms with Crippen molar-refractivity contribution in [2.75, 3.05) is 0 Å². The molecular formula is C12H8N2O3. The largest absolute Gasteiger partial charge is 0.481 e. The molecule has 0 fully saturated rings. The van der Waals surface area contributed by atoms with Crippen molar-refractivity contribution < 1.29 is 9.90 Å². The molecule has 0 spiro atoms. The molecule has 0 bridgehead atoms. The van der Waals surface area contributed by atoms with Gasteiger partial charge in [-0.25, -0.2) is 0 Å². The van der Waals surface area contributed by atoms with Gasteiger partial charge in [0.15, 0.2) is 0 Å². The second-order valence-corrected chi connectivity index (χ2v) is 3.62. The van der Waals surface area contributed by atoms with Gasteiger partial charge in [0.05, 0.1) is 6.42 Å². The standard InChI is InChI=1S/C12H8N2O3/c13-6-9-5-8-3-7(4-11(15)16)1-2-10(8)14-12(9)17/h1-3,5H,4H2,(H,14,17)(H,15,16). The Morgan fingerprint density at radius 2 is 2.18 bits per heavy atom. The van der Waals surface area contributed by atoms with E-state index < -0.39 is 11.5 Å². The van der Waals surface area contributed by atoms with Crippen molar-refractivity contribution in [2.24, 2.45) is 0 Å². The lowest BCUT2D eigenvalue weighted by Crippen LogP contribution is -2.09. The zero-order valence-electron chi connectivity index (χ0n) is 8.73. The van der Waals surface area contributed by atoms with Crippen molar-refractivity contribution in [3.8, 4) is 6.07 Å². The van der Waals surface area contributed by atoms with Crippen molar-refractivity contribution in [3.63, 3.8) is 0 Å². The molecule has 1 aromatic carbocycles. The predicted octanol–water partition coefficient (Wildman–Crippen LogP) is 1.03. The number of aromatic nitrogens is 1. The van der Waals surface area contributed by atoms with Crippen molar-refractivity contribution in [1.29, 1.82) is 5.26 Å². The number of nitrogens with zero attached hydrogens (tertiary/aromatic N) is 1. The van der Waals surface area contributed by atoms with Crippen molar-refractivity contribution in [3.05, 3.63) is 45.7 Å². The first-order valence-electron chi connectivity index (χ1n) is 4.88. The van der Waals surface area contributed by atoms with Crippen LogP contribution in [0.4, 0.5) is 0 Å². The molecule has 0 saturated carbocycles. The van der Waals surface area contributed by atoms with Crippen LogP contribution in [0.2, 0.25) is 0 Å². The Kier molecular flexibility index (Phi) is 2.63. The molecule has 0 aliphatic carbocycles. The summed E-state index contributed by atoms with van der Waals surface area (Å²) in [6.45, 7) is 0. The number of fused-ring (bicyclic) bond motifs is 1. The molecule has 0 atom stereocenters. The topological polar surface area (TPSA) is 93.9 Å². The summed E-state index contributed by atoms with van der Waals surface area (Å²) in [4.78, 5) is 24.5. The summed E-state index contributed by atoms with van der Waals surface area (Å²) in [6, 6.07) is 8.17. The molecule has 0 aliphatic rings. The molecule has 5 nitrogen and oxygen atoms in total. The number of rotatable bonds is 2.